The topological polar surface area (TPSA) is 221 Å². The summed E-state index contributed by atoms with van der Waals surface area (Å²) in [6.45, 7) is 7.44. The van der Waals surface area contributed by atoms with Crippen molar-refractivity contribution in [2.24, 2.45) is 5.41 Å². The molecular weight excluding hydrogens is 920 g/mol. The number of ether oxygens (including phenoxy) is 5. The van der Waals surface area contributed by atoms with Crippen LogP contribution in [0.3, 0.4) is 0 Å². The van der Waals surface area contributed by atoms with Gasteiger partial charge in [0.1, 0.15) is 23.6 Å². The lowest BCUT2D eigenvalue weighted by Gasteiger charge is -2.42. The lowest BCUT2D eigenvalue weighted by atomic mass is 9.74. The van der Waals surface area contributed by atoms with E-state index in [9.17, 15) is 38.6 Å². The quantitative estimate of drug-likeness (QED) is 0.0241. The zero-order valence-corrected chi connectivity index (χ0v) is 39.1. The Morgan fingerprint density at radius 1 is 0.882 bits per heavy atom. The minimum atomic E-state index is -0.926. The molecule has 1 unspecified atom stereocenters. The number of rotatable bonds is 26. The fourth-order valence-corrected chi connectivity index (χ4v) is 7.80. The van der Waals surface area contributed by atoms with Crippen molar-refractivity contribution >= 4 is 35.3 Å². The van der Waals surface area contributed by atoms with Gasteiger partial charge in [0.25, 0.3) is 16.1 Å². The summed E-state index contributed by atoms with van der Waals surface area (Å²) >= 11 is 5.91. The van der Waals surface area contributed by atoms with Crippen molar-refractivity contribution in [3.05, 3.63) is 113 Å². The minimum Gasteiger partial charge on any atom is -0.489 e. The molecule has 19 nitrogen and oxygen atoms in total. The highest BCUT2D eigenvalue weighted by Gasteiger charge is 2.43. The Labute approximate surface area is 396 Å². The van der Waals surface area contributed by atoms with Gasteiger partial charge >= 0.3 is 12.2 Å². The summed E-state index contributed by atoms with van der Waals surface area (Å²) < 4.78 is 55.4. The van der Waals surface area contributed by atoms with Crippen LogP contribution in [0.15, 0.2) is 54.2 Å². The number of hydrogen-bond acceptors (Lipinski definition) is 15. The van der Waals surface area contributed by atoms with Gasteiger partial charge in [0, 0.05) is 41.9 Å². The first-order valence-electron chi connectivity index (χ1n) is 22.2. The molecule has 1 aliphatic carbocycles. The molecule has 1 saturated carbocycles. The molecule has 1 aliphatic heterocycles. The normalized spacial score (nSPS) is 14.7. The maximum Gasteiger partial charge on any atom is 0.508 e. The maximum atomic E-state index is 15.1. The first-order valence-corrected chi connectivity index (χ1v) is 22.6. The molecule has 0 N–H and O–H groups in total. The Morgan fingerprint density at radius 3 is 2.16 bits per heavy atom. The van der Waals surface area contributed by atoms with Crippen LogP contribution in [-0.2, 0) is 41.6 Å². The van der Waals surface area contributed by atoms with E-state index in [-0.39, 0.29) is 82.9 Å². The van der Waals surface area contributed by atoms with Crippen molar-refractivity contribution in [1.82, 2.24) is 14.8 Å². The van der Waals surface area contributed by atoms with Crippen molar-refractivity contribution in [3.8, 4) is 11.6 Å². The summed E-state index contributed by atoms with van der Waals surface area (Å²) in [5, 5.41) is 18.6. The van der Waals surface area contributed by atoms with Crippen LogP contribution in [0.4, 0.5) is 18.4 Å². The van der Waals surface area contributed by atoms with Gasteiger partial charge in [-0.2, -0.15) is 0 Å². The number of amides is 2. The molecule has 1 fully saturated rings. The lowest BCUT2D eigenvalue weighted by molar-refractivity contribution is -0.757. The van der Waals surface area contributed by atoms with E-state index in [0.29, 0.717) is 49.7 Å². The highest BCUT2D eigenvalue weighted by Crippen LogP contribution is 2.43. The van der Waals surface area contributed by atoms with Gasteiger partial charge in [-0.15, -0.1) is 20.2 Å². The highest BCUT2D eigenvalue weighted by atomic mass is 35.5. The summed E-state index contributed by atoms with van der Waals surface area (Å²) in [6.07, 6.45) is 3.10. The van der Waals surface area contributed by atoms with Crippen molar-refractivity contribution in [3.63, 3.8) is 0 Å². The molecule has 1 atom stereocenters. The predicted molar refractivity (Wildman–Crippen MR) is 240 cm³/mol. The number of pyridine rings is 1. The molecule has 2 aromatic carbocycles. The lowest BCUT2D eigenvalue weighted by Crippen LogP contribution is -2.48. The molecule has 68 heavy (non-hydrogen) atoms. The van der Waals surface area contributed by atoms with Gasteiger partial charge < -0.3 is 43.2 Å². The van der Waals surface area contributed by atoms with Crippen molar-refractivity contribution < 1.29 is 66.7 Å². The fraction of sp³-hybridized carbons (Fsp3) is 0.522. The smallest absolute Gasteiger partial charge is 0.489 e. The number of halogens is 3. The molecule has 3 aromatic rings. The third kappa shape index (κ3) is 15.5. The first-order chi connectivity index (χ1) is 32.4. The van der Waals surface area contributed by atoms with Crippen molar-refractivity contribution in [2.45, 2.75) is 97.8 Å². The first kappa shape index (κ1) is 52.5. The van der Waals surface area contributed by atoms with E-state index in [4.69, 9.17) is 35.3 Å². The SMILES string of the molecule is Cc1c(CN(C(=O)C2=C(c3ccc(CCCOc4c(F)ccc(F)c4Cl)cc3)C(C)(C)CN(C(=O)OCCCCO[N+](=O)[O-])C2)C2CC2)ccnc1OCC(C)OC(=O)OCCCCO[N+](=O)[O-]. The Kier molecular flexibility index (Phi) is 19.3. The van der Waals surface area contributed by atoms with Crippen LogP contribution in [0.25, 0.3) is 5.57 Å². The van der Waals surface area contributed by atoms with Crippen LogP contribution in [0, 0.1) is 44.2 Å². The average molecular weight is 976 g/mol. The Hall–Kier alpha value is -6.51. The monoisotopic (exact) mass is 975 g/mol. The Morgan fingerprint density at radius 2 is 1.51 bits per heavy atom. The van der Waals surface area contributed by atoms with E-state index in [1.165, 1.54) is 4.90 Å². The van der Waals surface area contributed by atoms with E-state index >= 15 is 4.79 Å². The van der Waals surface area contributed by atoms with Crippen LogP contribution in [0.2, 0.25) is 5.02 Å². The number of unbranched alkanes of at least 4 members (excludes halogenated alkanes) is 2. The van der Waals surface area contributed by atoms with Crippen LogP contribution in [0.1, 0.15) is 88.0 Å². The second-order valence-electron chi connectivity index (χ2n) is 17.0. The van der Waals surface area contributed by atoms with Crippen LogP contribution >= 0.6 is 11.6 Å². The van der Waals surface area contributed by atoms with Crippen LogP contribution in [-0.4, -0.2) is 108 Å². The van der Waals surface area contributed by atoms with Gasteiger partial charge in [-0.1, -0.05) is 49.7 Å². The number of hydrogen-bond donors (Lipinski definition) is 0. The number of nitrogens with zero attached hydrogens (tertiary/aromatic N) is 5. The summed E-state index contributed by atoms with van der Waals surface area (Å²) in [5.41, 5.74) is 3.54. The number of carbonyl (C=O) groups excluding carboxylic acids is 3. The van der Waals surface area contributed by atoms with Gasteiger partial charge in [-0.3, -0.25) is 4.79 Å². The molecular formula is C46H56ClF2N5O14. The van der Waals surface area contributed by atoms with Crippen LogP contribution < -0.4 is 9.47 Å². The van der Waals surface area contributed by atoms with Crippen molar-refractivity contribution in [2.75, 3.05) is 52.7 Å². The van der Waals surface area contributed by atoms with Gasteiger partial charge in [-0.25, -0.2) is 23.4 Å². The van der Waals surface area contributed by atoms with Crippen molar-refractivity contribution in [1.29, 1.82) is 0 Å². The van der Waals surface area contributed by atoms with E-state index in [0.717, 1.165) is 47.2 Å². The van der Waals surface area contributed by atoms with Gasteiger partial charge in [0.05, 0.1) is 39.6 Å². The summed E-state index contributed by atoms with van der Waals surface area (Å²) in [5.74, 6) is -1.88. The molecule has 0 radical (unpaired) electrons. The molecule has 5 rings (SSSR count). The van der Waals surface area contributed by atoms with Gasteiger partial charge in [-0.05, 0) is 106 Å². The van der Waals surface area contributed by atoms with E-state index in [2.05, 4.69) is 14.7 Å². The van der Waals surface area contributed by atoms with E-state index in [1.54, 1.807) is 24.1 Å². The summed E-state index contributed by atoms with van der Waals surface area (Å²) in [4.78, 5) is 77.9. The van der Waals surface area contributed by atoms with Gasteiger partial charge in [0.2, 0.25) is 5.88 Å². The predicted octanol–water partition coefficient (Wildman–Crippen LogP) is 8.65. The minimum absolute atomic E-state index is 0.00606. The molecule has 22 heteroatoms. The Bertz CT molecular complexity index is 2280. The van der Waals surface area contributed by atoms with Crippen LogP contribution in [0.5, 0.6) is 11.6 Å². The third-order valence-electron chi connectivity index (χ3n) is 11.1. The Balaban J connectivity index is 1.31. The molecule has 0 spiro atoms. The molecule has 2 heterocycles. The highest BCUT2D eigenvalue weighted by molar-refractivity contribution is 6.32. The van der Waals surface area contributed by atoms with E-state index in [1.807, 2.05) is 45.0 Å². The molecule has 370 valence electrons. The third-order valence-corrected chi connectivity index (χ3v) is 11.4. The summed E-state index contributed by atoms with van der Waals surface area (Å²) in [6, 6.07) is 11.3. The second-order valence-corrected chi connectivity index (χ2v) is 17.3. The second kappa shape index (κ2) is 25.0. The zero-order valence-electron chi connectivity index (χ0n) is 38.4. The largest absolute Gasteiger partial charge is 0.508 e. The average Bonchev–Trinajstić information content (AvgIpc) is 4.14. The zero-order chi connectivity index (χ0) is 49.4. The number of aromatic nitrogens is 1. The number of benzene rings is 2. The molecule has 0 saturated heterocycles. The molecule has 0 bridgehead atoms. The standard InChI is InChI=1S/C46H56ClF2N5O14/c1-30(68-45(57)64-22-6-8-25-67-54(60)61)28-65-42-31(2)34(19-20-50-42)26-52(35-15-16-35)43(55)36-27-51(44(56)63-21-5-7-24-66-53(58)59)29-46(3,4)39(36)33-13-11-32(12-14-33)10-9-23-62-41-38(49)18-17-37(48)40(41)47/h11-14,17-20,30,35H,5-10,15-16,21-29H2,1-4H3. The summed E-state index contributed by atoms with van der Waals surface area (Å²) in [7, 11) is 0. The van der Waals surface area contributed by atoms with E-state index < -0.39 is 50.6 Å². The fourth-order valence-electron chi connectivity index (χ4n) is 7.59. The molecule has 1 aromatic heterocycles. The number of carbonyl (C=O) groups is 3. The number of aryl methyl sites for hydroxylation is 1. The maximum absolute atomic E-state index is 15.1. The molecule has 2 amide bonds. The molecule has 2 aliphatic rings. The van der Waals surface area contributed by atoms with Gasteiger partial charge in [0.15, 0.2) is 11.6 Å².